The lowest BCUT2D eigenvalue weighted by Gasteiger charge is -2.09. The second-order valence-corrected chi connectivity index (χ2v) is 5.94. The summed E-state index contributed by atoms with van der Waals surface area (Å²) in [4.78, 5) is 11.8. The van der Waals surface area contributed by atoms with E-state index in [1.807, 2.05) is 31.6 Å². The van der Waals surface area contributed by atoms with Crippen LogP contribution in [0.4, 0.5) is 0 Å². The normalized spacial score (nSPS) is 10.8. The van der Waals surface area contributed by atoms with Crippen molar-refractivity contribution in [2.45, 2.75) is 32.6 Å². The van der Waals surface area contributed by atoms with Gasteiger partial charge >= 0.3 is 0 Å². The molecule has 0 aliphatic rings. The van der Waals surface area contributed by atoms with Crippen molar-refractivity contribution in [2.24, 2.45) is 7.05 Å². The Morgan fingerprint density at radius 1 is 1.30 bits per heavy atom. The van der Waals surface area contributed by atoms with Crippen molar-refractivity contribution in [3.63, 3.8) is 0 Å². The third-order valence-corrected chi connectivity index (χ3v) is 3.64. The number of aryl methyl sites for hydroxylation is 1. The van der Waals surface area contributed by atoms with Gasteiger partial charge < -0.3 is 10.1 Å². The molecule has 0 unspecified atom stereocenters. The molecule has 5 nitrogen and oxygen atoms in total. The van der Waals surface area contributed by atoms with Crippen LogP contribution in [0.3, 0.4) is 0 Å². The Balaban J connectivity index is 1.62. The van der Waals surface area contributed by atoms with Gasteiger partial charge in [0, 0.05) is 19.8 Å². The molecule has 0 radical (unpaired) electrons. The summed E-state index contributed by atoms with van der Waals surface area (Å²) in [6.45, 7) is 5.32. The number of ether oxygens (including phenoxy) is 1. The Morgan fingerprint density at radius 2 is 2.04 bits per heavy atom. The molecule has 0 spiro atoms. The predicted molar refractivity (Wildman–Crippen MR) is 90.6 cm³/mol. The van der Waals surface area contributed by atoms with Gasteiger partial charge in [-0.1, -0.05) is 26.0 Å². The minimum Gasteiger partial charge on any atom is -0.493 e. The number of amides is 1. The fourth-order valence-electron chi connectivity index (χ4n) is 2.25. The first-order valence-corrected chi connectivity index (χ1v) is 8.01. The number of aromatic nitrogens is 2. The van der Waals surface area contributed by atoms with Crippen LogP contribution in [-0.4, -0.2) is 28.8 Å². The van der Waals surface area contributed by atoms with Gasteiger partial charge in [-0.05, 0) is 35.6 Å². The van der Waals surface area contributed by atoms with Crippen molar-refractivity contribution in [2.75, 3.05) is 13.2 Å². The summed E-state index contributed by atoms with van der Waals surface area (Å²) in [6.07, 6.45) is 4.92. The SMILES string of the molecule is CC(C)c1ccc(OCCC(=O)NCCc2cnn(C)c2)cc1. The zero-order valence-corrected chi connectivity index (χ0v) is 14.1. The number of carbonyl (C=O) groups excluding carboxylic acids is 1. The summed E-state index contributed by atoms with van der Waals surface area (Å²) in [5, 5.41) is 6.99. The Bertz CT molecular complexity index is 617. The summed E-state index contributed by atoms with van der Waals surface area (Å²) < 4.78 is 7.36. The van der Waals surface area contributed by atoms with Crippen LogP contribution in [0.1, 0.15) is 37.3 Å². The van der Waals surface area contributed by atoms with Gasteiger partial charge in [0.15, 0.2) is 0 Å². The second-order valence-electron chi connectivity index (χ2n) is 5.94. The molecule has 1 N–H and O–H groups in total. The predicted octanol–water partition coefficient (Wildman–Crippen LogP) is 2.67. The van der Waals surface area contributed by atoms with Crippen LogP contribution in [0.2, 0.25) is 0 Å². The van der Waals surface area contributed by atoms with Crippen LogP contribution < -0.4 is 10.1 Å². The Morgan fingerprint density at radius 3 is 2.65 bits per heavy atom. The molecule has 0 saturated carbocycles. The summed E-state index contributed by atoms with van der Waals surface area (Å²) in [5.74, 6) is 1.32. The van der Waals surface area contributed by atoms with Crippen molar-refractivity contribution in [3.8, 4) is 5.75 Å². The molecule has 0 bridgehead atoms. The van der Waals surface area contributed by atoms with Crippen LogP contribution in [0, 0.1) is 0 Å². The highest BCUT2D eigenvalue weighted by atomic mass is 16.5. The van der Waals surface area contributed by atoms with Crippen molar-refractivity contribution < 1.29 is 9.53 Å². The van der Waals surface area contributed by atoms with E-state index in [4.69, 9.17) is 4.74 Å². The van der Waals surface area contributed by atoms with Crippen LogP contribution in [0.5, 0.6) is 5.75 Å². The number of nitrogens with zero attached hydrogens (tertiary/aromatic N) is 2. The molecule has 1 amide bonds. The highest BCUT2D eigenvalue weighted by Crippen LogP contribution is 2.18. The van der Waals surface area contributed by atoms with E-state index in [9.17, 15) is 4.79 Å². The van der Waals surface area contributed by atoms with E-state index in [-0.39, 0.29) is 5.91 Å². The number of carbonyl (C=O) groups is 1. The second kappa shape index (κ2) is 8.36. The molecule has 0 aliphatic carbocycles. The molecule has 0 aliphatic heterocycles. The van der Waals surface area contributed by atoms with Crippen molar-refractivity contribution in [1.29, 1.82) is 0 Å². The molecule has 1 heterocycles. The molecule has 5 heteroatoms. The van der Waals surface area contributed by atoms with E-state index in [0.717, 1.165) is 17.7 Å². The van der Waals surface area contributed by atoms with Gasteiger partial charge in [-0.2, -0.15) is 5.10 Å². The maximum Gasteiger partial charge on any atom is 0.223 e. The average molecular weight is 315 g/mol. The minimum absolute atomic E-state index is 0.00712. The van der Waals surface area contributed by atoms with E-state index < -0.39 is 0 Å². The molecule has 0 atom stereocenters. The van der Waals surface area contributed by atoms with E-state index in [1.165, 1.54) is 5.56 Å². The molecule has 2 aromatic rings. The average Bonchev–Trinajstić information content (AvgIpc) is 2.93. The number of benzene rings is 1. The number of nitrogens with one attached hydrogen (secondary N) is 1. The van der Waals surface area contributed by atoms with Crippen LogP contribution in [0.25, 0.3) is 0 Å². The molecule has 0 saturated heterocycles. The fraction of sp³-hybridized carbons (Fsp3) is 0.444. The van der Waals surface area contributed by atoms with Gasteiger partial charge in [-0.15, -0.1) is 0 Å². The lowest BCUT2D eigenvalue weighted by atomic mass is 10.0. The Hall–Kier alpha value is -2.30. The van der Waals surface area contributed by atoms with Gasteiger partial charge in [0.1, 0.15) is 5.75 Å². The van der Waals surface area contributed by atoms with Gasteiger partial charge in [0.25, 0.3) is 0 Å². The number of rotatable bonds is 8. The van der Waals surface area contributed by atoms with E-state index >= 15 is 0 Å². The number of hydrogen-bond donors (Lipinski definition) is 1. The molecule has 2 rings (SSSR count). The standard InChI is InChI=1S/C18H25N3O2/c1-14(2)16-4-6-17(7-5-16)23-11-9-18(22)19-10-8-15-12-20-21(3)13-15/h4-7,12-14H,8-11H2,1-3H3,(H,19,22). The van der Waals surface area contributed by atoms with Gasteiger partial charge in [0.2, 0.25) is 5.91 Å². The van der Waals surface area contributed by atoms with Crippen LogP contribution >= 0.6 is 0 Å². The third-order valence-electron chi connectivity index (χ3n) is 3.64. The van der Waals surface area contributed by atoms with Crippen molar-refractivity contribution in [1.82, 2.24) is 15.1 Å². The summed E-state index contributed by atoms with van der Waals surface area (Å²) in [7, 11) is 1.88. The van der Waals surface area contributed by atoms with Crippen LogP contribution in [0.15, 0.2) is 36.7 Å². The zero-order valence-electron chi connectivity index (χ0n) is 14.1. The van der Waals surface area contributed by atoms with E-state index in [1.54, 1.807) is 4.68 Å². The maximum absolute atomic E-state index is 11.8. The largest absolute Gasteiger partial charge is 0.493 e. The Kier molecular flexibility index (Phi) is 6.20. The highest BCUT2D eigenvalue weighted by Gasteiger charge is 2.04. The lowest BCUT2D eigenvalue weighted by Crippen LogP contribution is -2.26. The van der Waals surface area contributed by atoms with Crippen molar-refractivity contribution >= 4 is 5.91 Å². The highest BCUT2D eigenvalue weighted by molar-refractivity contribution is 5.75. The molecule has 23 heavy (non-hydrogen) atoms. The molecule has 124 valence electrons. The summed E-state index contributed by atoms with van der Waals surface area (Å²) >= 11 is 0. The third kappa shape index (κ3) is 5.77. The van der Waals surface area contributed by atoms with Gasteiger partial charge in [-0.25, -0.2) is 0 Å². The molecule has 0 fully saturated rings. The molecule has 1 aromatic heterocycles. The van der Waals surface area contributed by atoms with Crippen LogP contribution in [-0.2, 0) is 18.3 Å². The topological polar surface area (TPSA) is 56.1 Å². The first kappa shape index (κ1) is 17.1. The van der Waals surface area contributed by atoms with Gasteiger partial charge in [0.05, 0.1) is 19.2 Å². The fourth-order valence-corrected chi connectivity index (χ4v) is 2.25. The quantitative estimate of drug-likeness (QED) is 0.815. The van der Waals surface area contributed by atoms with Crippen molar-refractivity contribution in [3.05, 3.63) is 47.8 Å². The lowest BCUT2D eigenvalue weighted by molar-refractivity contribution is -0.121. The molecular weight excluding hydrogens is 290 g/mol. The summed E-state index contributed by atoms with van der Waals surface area (Å²) in [5.41, 5.74) is 2.40. The maximum atomic E-state index is 11.8. The first-order chi connectivity index (χ1) is 11.0. The molecular formula is C18H25N3O2. The smallest absolute Gasteiger partial charge is 0.223 e. The first-order valence-electron chi connectivity index (χ1n) is 8.01. The van der Waals surface area contributed by atoms with E-state index in [2.05, 4.69) is 36.4 Å². The minimum atomic E-state index is 0.00712. The van der Waals surface area contributed by atoms with Gasteiger partial charge in [-0.3, -0.25) is 9.48 Å². The Labute approximate surface area is 137 Å². The van der Waals surface area contributed by atoms with E-state index in [0.29, 0.717) is 25.5 Å². The number of hydrogen-bond acceptors (Lipinski definition) is 3. The zero-order chi connectivity index (χ0) is 16.7. The monoisotopic (exact) mass is 315 g/mol. The molecule has 1 aromatic carbocycles. The summed E-state index contributed by atoms with van der Waals surface area (Å²) in [6, 6.07) is 8.03.